The molecule has 3 aliphatic rings. The number of para-hydroxylation sites is 2. The SMILES string of the molecule is Cc1cccc(S(=O)(=O)N2CCC(CCN3[C@@H]4CC[C@H]3C[C@@H](n3c(C)nc5ccccc53)C4)(c3ccccc3)CC2)c1. The minimum Gasteiger partial charge on any atom is -0.325 e. The standard InChI is InChI=1S/C35H42N4O2S/c1-26-9-8-12-32(23-26)42(40,41)37-20-17-35(18-21-37,28-10-4-3-5-11-28)19-22-38-29-15-16-30(38)25-31(24-29)39-27(2)36-33-13-6-7-14-34(33)39/h3-14,23,29-31H,15-22,24-25H2,1-2H3/t29-,30+,31+. The van der Waals surface area contributed by atoms with E-state index in [0.29, 0.717) is 36.1 Å². The number of hydrogen-bond donors (Lipinski definition) is 0. The summed E-state index contributed by atoms with van der Waals surface area (Å²) < 4.78 is 31.3. The highest BCUT2D eigenvalue weighted by atomic mass is 32.2. The van der Waals surface area contributed by atoms with Crippen LogP contribution in [0.2, 0.25) is 0 Å². The van der Waals surface area contributed by atoms with E-state index in [-0.39, 0.29) is 5.41 Å². The quantitative estimate of drug-likeness (QED) is 0.245. The smallest absolute Gasteiger partial charge is 0.243 e. The van der Waals surface area contributed by atoms with Crippen molar-refractivity contribution in [1.29, 1.82) is 0 Å². The summed E-state index contributed by atoms with van der Waals surface area (Å²) >= 11 is 0. The summed E-state index contributed by atoms with van der Waals surface area (Å²) in [7, 11) is -3.49. The van der Waals surface area contributed by atoms with Gasteiger partial charge in [0.1, 0.15) is 5.82 Å². The second-order valence-electron chi connectivity index (χ2n) is 12.9. The fourth-order valence-corrected chi connectivity index (χ4v) is 9.89. The topological polar surface area (TPSA) is 58.4 Å². The molecule has 3 fully saturated rings. The third-order valence-corrected chi connectivity index (χ3v) is 12.4. The van der Waals surface area contributed by atoms with Crippen LogP contribution in [0.25, 0.3) is 11.0 Å². The Bertz CT molecular complexity index is 1660. The van der Waals surface area contributed by atoms with Crippen LogP contribution in [0.15, 0.2) is 83.8 Å². The van der Waals surface area contributed by atoms with Crippen LogP contribution in [0.5, 0.6) is 0 Å². The molecule has 6 nitrogen and oxygen atoms in total. The number of aromatic nitrogens is 2. The molecule has 220 valence electrons. The maximum atomic E-state index is 13.5. The second-order valence-corrected chi connectivity index (χ2v) is 14.8. The van der Waals surface area contributed by atoms with Gasteiger partial charge in [-0.25, -0.2) is 13.4 Å². The molecule has 3 aromatic carbocycles. The van der Waals surface area contributed by atoms with Gasteiger partial charge in [-0.3, -0.25) is 4.90 Å². The van der Waals surface area contributed by atoms with Crippen LogP contribution in [0.3, 0.4) is 0 Å². The summed E-state index contributed by atoms with van der Waals surface area (Å²) in [6.45, 7) is 6.30. The van der Waals surface area contributed by atoms with Crippen LogP contribution >= 0.6 is 0 Å². The van der Waals surface area contributed by atoms with Crippen molar-refractivity contribution in [3.8, 4) is 0 Å². The third kappa shape index (κ3) is 4.89. The average molecular weight is 583 g/mol. The molecule has 1 aromatic heterocycles. The molecule has 0 aliphatic carbocycles. The van der Waals surface area contributed by atoms with E-state index in [2.05, 4.69) is 71.0 Å². The van der Waals surface area contributed by atoms with Crippen LogP contribution < -0.4 is 0 Å². The predicted octanol–water partition coefficient (Wildman–Crippen LogP) is 6.63. The molecular formula is C35H42N4O2S. The van der Waals surface area contributed by atoms with E-state index in [0.717, 1.165) is 42.7 Å². The molecule has 0 N–H and O–H groups in total. The molecule has 4 aromatic rings. The molecule has 7 rings (SSSR count). The number of benzene rings is 3. The van der Waals surface area contributed by atoms with Crippen molar-refractivity contribution in [2.24, 2.45) is 0 Å². The lowest BCUT2D eigenvalue weighted by atomic mass is 9.70. The molecule has 3 atom stereocenters. The van der Waals surface area contributed by atoms with Gasteiger partial charge in [0, 0.05) is 31.2 Å². The van der Waals surface area contributed by atoms with E-state index in [4.69, 9.17) is 4.98 Å². The Balaban J connectivity index is 1.08. The van der Waals surface area contributed by atoms with Crippen molar-refractivity contribution < 1.29 is 8.42 Å². The zero-order valence-electron chi connectivity index (χ0n) is 24.8. The zero-order valence-corrected chi connectivity index (χ0v) is 25.6. The maximum Gasteiger partial charge on any atom is 0.243 e. The number of nitrogens with zero attached hydrogens (tertiary/aromatic N) is 4. The van der Waals surface area contributed by atoms with Crippen LogP contribution in [0.1, 0.15) is 67.9 Å². The van der Waals surface area contributed by atoms with Gasteiger partial charge >= 0.3 is 0 Å². The summed E-state index contributed by atoms with van der Waals surface area (Å²) in [5.74, 6) is 1.13. The minimum atomic E-state index is -3.49. The number of hydrogen-bond acceptors (Lipinski definition) is 4. The van der Waals surface area contributed by atoms with Crippen LogP contribution in [-0.2, 0) is 15.4 Å². The monoisotopic (exact) mass is 582 g/mol. The highest BCUT2D eigenvalue weighted by Gasteiger charge is 2.44. The van der Waals surface area contributed by atoms with E-state index >= 15 is 0 Å². The molecule has 0 spiro atoms. The van der Waals surface area contributed by atoms with Gasteiger partial charge in [-0.2, -0.15) is 4.31 Å². The van der Waals surface area contributed by atoms with Gasteiger partial charge in [0.15, 0.2) is 0 Å². The summed E-state index contributed by atoms with van der Waals surface area (Å²) in [5.41, 5.74) is 4.70. The molecule has 7 heteroatoms. The van der Waals surface area contributed by atoms with Crippen molar-refractivity contribution in [3.63, 3.8) is 0 Å². The molecule has 0 amide bonds. The highest BCUT2D eigenvalue weighted by Crippen LogP contribution is 2.45. The van der Waals surface area contributed by atoms with Crippen LogP contribution in [0.4, 0.5) is 0 Å². The summed E-state index contributed by atoms with van der Waals surface area (Å²) in [4.78, 5) is 8.09. The number of piperidine rings is 2. The molecule has 0 saturated carbocycles. The Labute approximate surface area is 250 Å². The normalized spacial score (nSPS) is 24.8. The van der Waals surface area contributed by atoms with E-state index in [9.17, 15) is 8.42 Å². The summed E-state index contributed by atoms with van der Waals surface area (Å²) in [5, 5.41) is 0. The molecule has 42 heavy (non-hydrogen) atoms. The Morgan fingerprint density at radius 2 is 1.52 bits per heavy atom. The van der Waals surface area contributed by atoms with Gasteiger partial charge in [0.05, 0.1) is 15.9 Å². The molecule has 0 unspecified atom stereocenters. The lowest BCUT2D eigenvalue weighted by Crippen LogP contribution is -2.49. The van der Waals surface area contributed by atoms with Gasteiger partial charge < -0.3 is 4.57 Å². The first-order chi connectivity index (χ1) is 20.3. The molecule has 2 bridgehead atoms. The zero-order chi connectivity index (χ0) is 28.9. The third-order valence-electron chi connectivity index (χ3n) is 10.5. The van der Waals surface area contributed by atoms with Gasteiger partial charge in [-0.15, -0.1) is 0 Å². The number of fused-ring (bicyclic) bond motifs is 3. The van der Waals surface area contributed by atoms with Crippen LogP contribution in [-0.4, -0.2) is 58.9 Å². The Morgan fingerprint density at radius 3 is 2.24 bits per heavy atom. The van der Waals surface area contributed by atoms with Gasteiger partial charge in [-0.1, -0.05) is 54.6 Å². The van der Waals surface area contributed by atoms with Gasteiger partial charge in [-0.05, 0) is 106 Å². The lowest BCUT2D eigenvalue weighted by Gasteiger charge is -2.45. The second kappa shape index (κ2) is 10.9. The molecular weight excluding hydrogens is 540 g/mol. The molecule has 3 aliphatic heterocycles. The van der Waals surface area contributed by atoms with E-state index in [1.165, 1.54) is 36.8 Å². The first kappa shape index (κ1) is 27.8. The molecule has 3 saturated heterocycles. The lowest BCUT2D eigenvalue weighted by molar-refractivity contribution is 0.0895. The molecule has 4 heterocycles. The average Bonchev–Trinajstić information content (AvgIpc) is 3.47. The Hall–Kier alpha value is -3.00. The summed E-state index contributed by atoms with van der Waals surface area (Å²) in [6.07, 6.45) is 7.68. The maximum absolute atomic E-state index is 13.5. The van der Waals surface area contributed by atoms with Crippen molar-refractivity contribution in [2.75, 3.05) is 19.6 Å². The Morgan fingerprint density at radius 1 is 0.833 bits per heavy atom. The van der Waals surface area contributed by atoms with E-state index in [1.807, 2.05) is 19.1 Å². The van der Waals surface area contributed by atoms with Crippen molar-refractivity contribution in [2.45, 2.75) is 87.2 Å². The fraction of sp³-hybridized carbons (Fsp3) is 0.457. The van der Waals surface area contributed by atoms with Crippen LogP contribution in [0, 0.1) is 13.8 Å². The first-order valence-electron chi connectivity index (χ1n) is 15.7. The van der Waals surface area contributed by atoms with Gasteiger partial charge in [0.25, 0.3) is 0 Å². The fourth-order valence-electron chi connectivity index (χ4n) is 8.34. The van der Waals surface area contributed by atoms with Crippen molar-refractivity contribution in [1.82, 2.24) is 18.8 Å². The highest BCUT2D eigenvalue weighted by molar-refractivity contribution is 7.89. The first-order valence-corrected chi connectivity index (χ1v) is 17.1. The number of sulfonamides is 1. The Kier molecular flexibility index (Phi) is 7.24. The van der Waals surface area contributed by atoms with Gasteiger partial charge in [0.2, 0.25) is 10.0 Å². The van der Waals surface area contributed by atoms with E-state index < -0.39 is 10.0 Å². The number of rotatable bonds is 7. The predicted molar refractivity (Wildman–Crippen MR) is 168 cm³/mol. The largest absolute Gasteiger partial charge is 0.325 e. The van der Waals surface area contributed by atoms with E-state index in [1.54, 1.807) is 16.4 Å². The summed E-state index contributed by atoms with van der Waals surface area (Å²) in [6, 6.07) is 28.5. The minimum absolute atomic E-state index is 0.00664. The number of imidazole rings is 1. The van der Waals surface area contributed by atoms with Crippen molar-refractivity contribution >= 4 is 21.1 Å². The number of aryl methyl sites for hydroxylation is 2. The van der Waals surface area contributed by atoms with Crippen molar-refractivity contribution in [3.05, 3.63) is 95.8 Å². The molecule has 0 radical (unpaired) electrons.